The van der Waals surface area contributed by atoms with Crippen molar-refractivity contribution in [1.29, 1.82) is 0 Å². The van der Waals surface area contributed by atoms with Crippen molar-refractivity contribution >= 4 is 5.91 Å². The minimum absolute atomic E-state index is 0.127. The maximum Gasteiger partial charge on any atom is 0.272 e. The third-order valence-electron chi connectivity index (χ3n) is 4.78. The van der Waals surface area contributed by atoms with Crippen molar-refractivity contribution in [2.45, 2.75) is 43.9 Å². The Kier molecular flexibility index (Phi) is 4.17. The minimum atomic E-state index is -0.473. The van der Waals surface area contributed by atoms with Crippen LogP contribution in [0.3, 0.4) is 0 Å². The quantitative estimate of drug-likeness (QED) is 0.879. The number of rotatable bonds is 3. The number of aromatic nitrogens is 2. The second kappa shape index (κ2) is 6.07. The molecule has 21 heavy (non-hydrogen) atoms. The van der Waals surface area contributed by atoms with Crippen molar-refractivity contribution in [2.24, 2.45) is 0 Å². The molecule has 0 spiro atoms. The zero-order valence-electron chi connectivity index (χ0n) is 12.4. The predicted molar refractivity (Wildman–Crippen MR) is 77.7 cm³/mol. The first-order valence-corrected chi connectivity index (χ1v) is 7.64. The molecule has 1 saturated carbocycles. The summed E-state index contributed by atoms with van der Waals surface area (Å²) in [6.45, 7) is 2.13. The van der Waals surface area contributed by atoms with E-state index in [1.807, 2.05) is 0 Å². The van der Waals surface area contributed by atoms with Crippen LogP contribution in [0.2, 0.25) is 0 Å². The van der Waals surface area contributed by atoms with Gasteiger partial charge in [0.15, 0.2) is 0 Å². The molecule has 1 aromatic rings. The van der Waals surface area contributed by atoms with Gasteiger partial charge in [-0.05, 0) is 44.8 Å². The number of likely N-dealkylation sites (N-methyl/N-ethyl adjacent to an activating group) is 1. The van der Waals surface area contributed by atoms with Crippen LogP contribution >= 0.6 is 0 Å². The van der Waals surface area contributed by atoms with Crippen LogP contribution < -0.4 is 0 Å². The van der Waals surface area contributed by atoms with Crippen LogP contribution in [-0.4, -0.2) is 69.1 Å². The molecule has 2 heterocycles. The summed E-state index contributed by atoms with van der Waals surface area (Å²) in [6, 6.07) is 1.68. The molecule has 3 atom stereocenters. The predicted octanol–water partition coefficient (Wildman–Crippen LogP) is 0.536. The Balaban J connectivity index is 1.68. The molecule has 0 bridgehead atoms. The van der Waals surface area contributed by atoms with E-state index in [1.54, 1.807) is 24.2 Å². The van der Waals surface area contributed by atoms with E-state index in [0.29, 0.717) is 5.69 Å². The van der Waals surface area contributed by atoms with E-state index in [4.69, 9.17) is 0 Å². The van der Waals surface area contributed by atoms with Crippen LogP contribution in [0.1, 0.15) is 36.2 Å². The van der Waals surface area contributed by atoms with E-state index in [-0.39, 0.29) is 18.0 Å². The van der Waals surface area contributed by atoms with Crippen LogP contribution in [0.5, 0.6) is 0 Å². The standard InChI is InChI=1S/C15H22N4O2/c1-18(15(21)11-6-7-16-10-17-11)12-4-5-13(14(12)20)19-8-2-3-9-19/h6-7,10,12-14,20H,2-5,8-9H2,1H3/t12-,13-,14-/m1/s1. The van der Waals surface area contributed by atoms with Gasteiger partial charge in [0.05, 0.1) is 12.1 Å². The molecule has 1 N–H and O–H groups in total. The summed E-state index contributed by atoms with van der Waals surface area (Å²) in [5, 5.41) is 10.6. The van der Waals surface area contributed by atoms with Gasteiger partial charge in [-0.15, -0.1) is 0 Å². The maximum absolute atomic E-state index is 12.4. The Morgan fingerprint density at radius 1 is 1.38 bits per heavy atom. The molecular weight excluding hydrogens is 268 g/mol. The van der Waals surface area contributed by atoms with Crippen molar-refractivity contribution in [3.63, 3.8) is 0 Å². The summed E-state index contributed by atoms with van der Waals surface area (Å²) >= 11 is 0. The molecule has 114 valence electrons. The Morgan fingerprint density at radius 3 is 2.81 bits per heavy atom. The highest BCUT2D eigenvalue weighted by atomic mass is 16.3. The van der Waals surface area contributed by atoms with Gasteiger partial charge < -0.3 is 10.0 Å². The van der Waals surface area contributed by atoms with E-state index in [0.717, 1.165) is 25.9 Å². The first-order chi connectivity index (χ1) is 10.2. The summed E-state index contributed by atoms with van der Waals surface area (Å²) in [5.41, 5.74) is 0.379. The summed E-state index contributed by atoms with van der Waals surface area (Å²) < 4.78 is 0. The molecule has 1 aliphatic carbocycles. The topological polar surface area (TPSA) is 69.6 Å². The molecule has 2 aliphatic rings. The van der Waals surface area contributed by atoms with Crippen molar-refractivity contribution in [2.75, 3.05) is 20.1 Å². The van der Waals surface area contributed by atoms with E-state index >= 15 is 0 Å². The van der Waals surface area contributed by atoms with Crippen LogP contribution in [0.25, 0.3) is 0 Å². The summed E-state index contributed by atoms with van der Waals surface area (Å²) in [5.74, 6) is -0.150. The molecule has 1 amide bonds. The number of likely N-dealkylation sites (tertiary alicyclic amines) is 1. The molecule has 0 radical (unpaired) electrons. The number of amides is 1. The van der Waals surface area contributed by atoms with Crippen molar-refractivity contribution in [1.82, 2.24) is 19.8 Å². The van der Waals surface area contributed by atoms with Crippen LogP contribution in [0.4, 0.5) is 0 Å². The summed E-state index contributed by atoms with van der Waals surface area (Å²) in [4.78, 5) is 24.3. The lowest BCUT2D eigenvalue weighted by molar-refractivity contribution is 0.0293. The number of aliphatic hydroxyl groups is 1. The second-order valence-corrected chi connectivity index (χ2v) is 5.96. The Hall–Kier alpha value is -1.53. The second-order valence-electron chi connectivity index (χ2n) is 5.96. The zero-order valence-corrected chi connectivity index (χ0v) is 12.4. The van der Waals surface area contributed by atoms with Crippen molar-refractivity contribution in [3.8, 4) is 0 Å². The monoisotopic (exact) mass is 290 g/mol. The Bertz CT molecular complexity index is 490. The normalized spacial score (nSPS) is 29.7. The van der Waals surface area contributed by atoms with Gasteiger partial charge in [-0.2, -0.15) is 0 Å². The molecule has 2 fully saturated rings. The molecule has 0 unspecified atom stereocenters. The SMILES string of the molecule is CN(C(=O)c1ccncn1)[C@@H]1CC[C@@H](N2CCCC2)[C@@H]1O. The largest absolute Gasteiger partial charge is 0.389 e. The highest BCUT2D eigenvalue weighted by Gasteiger charge is 2.42. The van der Waals surface area contributed by atoms with Gasteiger partial charge in [-0.25, -0.2) is 9.97 Å². The number of hydrogen-bond donors (Lipinski definition) is 1. The van der Waals surface area contributed by atoms with Crippen LogP contribution in [0, 0.1) is 0 Å². The van der Waals surface area contributed by atoms with E-state index in [2.05, 4.69) is 14.9 Å². The highest BCUT2D eigenvalue weighted by molar-refractivity contribution is 5.92. The van der Waals surface area contributed by atoms with Crippen LogP contribution in [-0.2, 0) is 0 Å². The lowest BCUT2D eigenvalue weighted by atomic mass is 10.1. The lowest BCUT2D eigenvalue weighted by Gasteiger charge is -2.31. The van der Waals surface area contributed by atoms with Crippen molar-refractivity contribution in [3.05, 3.63) is 24.3 Å². The molecule has 3 rings (SSSR count). The Labute approximate surface area is 124 Å². The average Bonchev–Trinajstić information content (AvgIpc) is 3.16. The summed E-state index contributed by atoms with van der Waals surface area (Å²) in [7, 11) is 1.75. The van der Waals surface area contributed by atoms with Gasteiger partial charge >= 0.3 is 0 Å². The number of carbonyl (C=O) groups excluding carboxylic acids is 1. The third kappa shape index (κ3) is 2.78. The molecule has 1 aromatic heterocycles. The summed E-state index contributed by atoms with van der Waals surface area (Å²) in [6.07, 6.45) is 6.68. The third-order valence-corrected chi connectivity index (χ3v) is 4.78. The number of aliphatic hydroxyl groups excluding tert-OH is 1. The first-order valence-electron chi connectivity index (χ1n) is 7.64. The lowest BCUT2D eigenvalue weighted by Crippen LogP contribution is -2.48. The van der Waals surface area contributed by atoms with Gasteiger partial charge in [0.25, 0.3) is 5.91 Å². The smallest absolute Gasteiger partial charge is 0.272 e. The molecule has 1 aliphatic heterocycles. The molecule has 1 saturated heterocycles. The van der Waals surface area contributed by atoms with Crippen molar-refractivity contribution < 1.29 is 9.90 Å². The van der Waals surface area contributed by atoms with Gasteiger partial charge in [-0.3, -0.25) is 9.69 Å². The number of hydrogen-bond acceptors (Lipinski definition) is 5. The average molecular weight is 290 g/mol. The molecule has 6 nitrogen and oxygen atoms in total. The van der Waals surface area contributed by atoms with Gasteiger partial charge in [0.2, 0.25) is 0 Å². The molecule has 6 heteroatoms. The highest BCUT2D eigenvalue weighted by Crippen LogP contribution is 2.30. The fourth-order valence-corrected chi connectivity index (χ4v) is 3.58. The maximum atomic E-state index is 12.4. The fourth-order valence-electron chi connectivity index (χ4n) is 3.58. The molecular formula is C15H22N4O2. The Morgan fingerprint density at radius 2 is 2.14 bits per heavy atom. The van der Waals surface area contributed by atoms with E-state index in [9.17, 15) is 9.90 Å². The number of nitrogens with zero attached hydrogens (tertiary/aromatic N) is 4. The van der Waals surface area contributed by atoms with Gasteiger partial charge in [0, 0.05) is 19.3 Å². The minimum Gasteiger partial charge on any atom is -0.389 e. The number of carbonyl (C=O) groups is 1. The molecule has 0 aromatic carbocycles. The zero-order chi connectivity index (χ0) is 14.8. The van der Waals surface area contributed by atoms with Crippen LogP contribution in [0.15, 0.2) is 18.6 Å². The van der Waals surface area contributed by atoms with Gasteiger partial charge in [-0.1, -0.05) is 0 Å². The van der Waals surface area contributed by atoms with E-state index < -0.39 is 6.10 Å². The first kappa shape index (κ1) is 14.4. The fraction of sp³-hybridized carbons (Fsp3) is 0.667. The van der Waals surface area contributed by atoms with Gasteiger partial charge in [0.1, 0.15) is 12.0 Å². The van der Waals surface area contributed by atoms with E-state index in [1.165, 1.54) is 19.2 Å².